The van der Waals surface area contributed by atoms with E-state index in [1.807, 2.05) is 24.4 Å². The van der Waals surface area contributed by atoms with Crippen LogP contribution in [0.25, 0.3) is 0 Å². The van der Waals surface area contributed by atoms with Gasteiger partial charge in [0.05, 0.1) is 0 Å². The van der Waals surface area contributed by atoms with Gasteiger partial charge in [-0.25, -0.2) is 0 Å². The van der Waals surface area contributed by atoms with Crippen LogP contribution in [0.2, 0.25) is 0 Å². The van der Waals surface area contributed by atoms with Crippen LogP contribution in [0.4, 0.5) is 12.9 Å². The van der Waals surface area contributed by atoms with E-state index < -0.39 is 12.4 Å². The molecule has 1 heterocycles. The van der Waals surface area contributed by atoms with Crippen molar-refractivity contribution in [3.05, 3.63) is 34.4 Å². The second-order valence-corrected chi connectivity index (χ2v) is 4.82. The molecule has 1 aromatic rings. The van der Waals surface area contributed by atoms with E-state index in [1.165, 1.54) is 0 Å². The Morgan fingerprint density at radius 2 is 2.12 bits per heavy atom. The molecule has 1 nitrogen and oxygen atoms in total. The van der Waals surface area contributed by atoms with Crippen LogP contribution >= 0.6 is 11.3 Å². The molecule has 0 N–H and O–H groups in total. The van der Waals surface area contributed by atoms with E-state index in [0.29, 0.717) is 0 Å². The van der Waals surface area contributed by atoms with Crippen LogP contribution in [0, 0.1) is 0 Å². The SMILES string of the molecule is C=C(CN(C)C(C)c1cccs1)[B-](F)(F)F.[K+]. The fourth-order valence-electron chi connectivity index (χ4n) is 1.31. The minimum atomic E-state index is -4.93. The minimum Gasteiger partial charge on any atom is -0.445 e. The molecule has 0 bridgehead atoms. The normalized spacial score (nSPS) is 13.3. The third kappa shape index (κ3) is 5.59. The number of nitrogens with zero attached hydrogens (tertiary/aromatic N) is 1. The van der Waals surface area contributed by atoms with Crippen LogP contribution < -0.4 is 51.4 Å². The van der Waals surface area contributed by atoms with Gasteiger partial charge >= 0.3 is 58.4 Å². The van der Waals surface area contributed by atoms with Crippen LogP contribution in [0.3, 0.4) is 0 Å². The summed E-state index contributed by atoms with van der Waals surface area (Å²) >= 11 is 1.55. The Morgan fingerprint density at radius 1 is 1.53 bits per heavy atom. The molecule has 1 unspecified atom stereocenters. The number of thiophene rings is 1. The second-order valence-electron chi connectivity index (χ2n) is 3.84. The van der Waals surface area contributed by atoms with Gasteiger partial charge < -0.3 is 12.9 Å². The Bertz CT molecular complexity index is 353. The van der Waals surface area contributed by atoms with E-state index in [1.54, 1.807) is 23.3 Å². The zero-order valence-electron chi connectivity index (χ0n) is 10.3. The van der Waals surface area contributed by atoms with Crippen molar-refractivity contribution in [2.45, 2.75) is 13.0 Å². The maximum atomic E-state index is 12.4. The van der Waals surface area contributed by atoms with Gasteiger partial charge in [-0.2, -0.15) is 0 Å². The van der Waals surface area contributed by atoms with Crippen molar-refractivity contribution in [1.82, 2.24) is 4.90 Å². The number of likely N-dealkylation sites (N-methyl/N-ethyl adjacent to an activating group) is 1. The average Bonchev–Trinajstić information content (AvgIpc) is 2.67. The molecule has 0 aliphatic rings. The minimum absolute atomic E-state index is 0. The topological polar surface area (TPSA) is 3.24 Å². The molecule has 0 fully saturated rings. The maximum absolute atomic E-state index is 12.4. The summed E-state index contributed by atoms with van der Waals surface area (Å²) < 4.78 is 37.1. The fourth-order valence-corrected chi connectivity index (χ4v) is 2.16. The summed E-state index contributed by atoms with van der Waals surface area (Å²) in [6.07, 6.45) is 0. The Hall–Kier alpha value is 0.891. The van der Waals surface area contributed by atoms with Crippen molar-refractivity contribution in [3.8, 4) is 0 Å². The first-order valence-corrected chi connectivity index (χ1v) is 5.81. The van der Waals surface area contributed by atoms with Crippen molar-refractivity contribution in [2.24, 2.45) is 0 Å². The largest absolute Gasteiger partial charge is 1.00 e. The van der Waals surface area contributed by atoms with Gasteiger partial charge in [0, 0.05) is 10.9 Å². The molecule has 7 heteroatoms. The van der Waals surface area contributed by atoms with Crippen LogP contribution in [0.1, 0.15) is 17.8 Å². The number of rotatable bonds is 5. The Kier molecular flexibility index (Phi) is 7.86. The van der Waals surface area contributed by atoms with Crippen LogP contribution in [-0.2, 0) is 0 Å². The molecule has 1 aromatic heterocycles. The van der Waals surface area contributed by atoms with Gasteiger partial charge in [-0.05, 0) is 32.0 Å². The third-order valence-corrected chi connectivity index (χ3v) is 3.57. The molecule has 0 aromatic carbocycles. The molecule has 0 amide bonds. The fraction of sp³-hybridized carbons (Fsp3) is 0.400. The van der Waals surface area contributed by atoms with E-state index in [0.717, 1.165) is 4.88 Å². The number of hydrogen-bond acceptors (Lipinski definition) is 2. The summed E-state index contributed by atoms with van der Waals surface area (Å²) in [7, 11) is 1.68. The van der Waals surface area contributed by atoms with Crippen molar-refractivity contribution in [2.75, 3.05) is 13.6 Å². The molecule has 17 heavy (non-hydrogen) atoms. The van der Waals surface area contributed by atoms with E-state index in [-0.39, 0.29) is 64.0 Å². The average molecular weight is 287 g/mol. The monoisotopic (exact) mass is 287 g/mol. The molecule has 0 radical (unpaired) electrons. The summed E-state index contributed by atoms with van der Waals surface area (Å²) in [6.45, 7) is -0.0761. The smallest absolute Gasteiger partial charge is 0.445 e. The van der Waals surface area contributed by atoms with Crippen LogP contribution in [-0.4, -0.2) is 25.5 Å². The molecule has 90 valence electrons. The number of halogens is 3. The van der Waals surface area contributed by atoms with Gasteiger partial charge in [0.2, 0.25) is 0 Å². The summed E-state index contributed by atoms with van der Waals surface area (Å²) in [4.78, 5) is 2.72. The van der Waals surface area contributed by atoms with Crippen molar-refractivity contribution in [1.29, 1.82) is 0 Å². The Morgan fingerprint density at radius 3 is 2.53 bits per heavy atom. The van der Waals surface area contributed by atoms with Gasteiger partial charge in [-0.15, -0.1) is 23.4 Å². The quantitative estimate of drug-likeness (QED) is 0.720. The standard InChI is InChI=1S/C10H14BF3NS.K/c1-8(11(12,13)14)7-15(3)9(2)10-5-4-6-16-10;/h4-6,9H,1,7H2,2-3H3;/q-1;+1. The summed E-state index contributed by atoms with van der Waals surface area (Å²) in [5.41, 5.74) is -0.647. The first-order valence-electron chi connectivity index (χ1n) is 4.93. The first kappa shape index (κ1) is 17.9. The predicted molar refractivity (Wildman–Crippen MR) is 63.6 cm³/mol. The van der Waals surface area contributed by atoms with Crippen molar-refractivity contribution < 1.29 is 64.3 Å². The molecule has 0 spiro atoms. The third-order valence-electron chi connectivity index (χ3n) is 2.53. The van der Waals surface area contributed by atoms with E-state index in [9.17, 15) is 12.9 Å². The molecule has 0 aliphatic heterocycles. The molecular formula is C10H14BF3KNS. The Labute approximate surface area is 147 Å². The molecule has 1 rings (SSSR count). The van der Waals surface area contributed by atoms with E-state index in [2.05, 4.69) is 6.58 Å². The predicted octanol–water partition coefficient (Wildman–Crippen LogP) is 0.688. The van der Waals surface area contributed by atoms with Gasteiger partial charge in [0.1, 0.15) is 0 Å². The molecule has 0 saturated carbocycles. The Balaban J connectivity index is 0.00000256. The summed E-state index contributed by atoms with van der Waals surface area (Å²) in [5.74, 6) is 0. The number of hydrogen-bond donors (Lipinski definition) is 0. The van der Waals surface area contributed by atoms with Crippen LogP contribution in [0.5, 0.6) is 0 Å². The van der Waals surface area contributed by atoms with E-state index >= 15 is 0 Å². The van der Waals surface area contributed by atoms with Crippen molar-refractivity contribution in [3.63, 3.8) is 0 Å². The van der Waals surface area contributed by atoms with Crippen molar-refractivity contribution >= 4 is 18.3 Å². The molecular weight excluding hydrogens is 273 g/mol. The molecule has 0 saturated heterocycles. The zero-order valence-corrected chi connectivity index (χ0v) is 14.2. The first-order chi connectivity index (χ1) is 7.32. The van der Waals surface area contributed by atoms with Gasteiger partial charge in [-0.3, -0.25) is 4.90 Å². The van der Waals surface area contributed by atoms with Gasteiger partial charge in [-0.1, -0.05) is 6.07 Å². The van der Waals surface area contributed by atoms with Gasteiger partial charge in [0.15, 0.2) is 0 Å². The molecule has 1 atom stereocenters. The maximum Gasteiger partial charge on any atom is 1.00 e. The van der Waals surface area contributed by atoms with Gasteiger partial charge in [0.25, 0.3) is 0 Å². The van der Waals surface area contributed by atoms with E-state index in [4.69, 9.17) is 0 Å². The summed E-state index contributed by atoms with van der Waals surface area (Å²) in [5, 5.41) is 1.92. The second kappa shape index (κ2) is 7.47. The summed E-state index contributed by atoms with van der Waals surface area (Å²) in [6, 6.07) is 3.80. The van der Waals surface area contributed by atoms with Crippen LogP contribution in [0.15, 0.2) is 29.6 Å². The molecule has 0 aliphatic carbocycles. The zero-order chi connectivity index (χ0) is 12.3.